The molecule has 1 N–H and O–H groups in total. The third-order valence-electron chi connectivity index (χ3n) is 4.42. The van der Waals surface area contributed by atoms with E-state index >= 15 is 0 Å². The van der Waals surface area contributed by atoms with E-state index in [0.29, 0.717) is 16.9 Å². The standard InChI is InChI=1S/C18H22O6/c1-18(21)10-9-13(16(19)23-3)14(15(18)17(20)24-4)11-5-7-12(22-2)8-6-11/h5-9,14-15,21H,10H2,1-4H3. The number of carbonyl (C=O) groups is 2. The summed E-state index contributed by atoms with van der Waals surface area (Å²) < 4.78 is 14.9. The van der Waals surface area contributed by atoms with Crippen molar-refractivity contribution in [2.75, 3.05) is 21.3 Å². The van der Waals surface area contributed by atoms with E-state index in [1.165, 1.54) is 14.2 Å². The van der Waals surface area contributed by atoms with Crippen LogP contribution in [0.5, 0.6) is 5.75 Å². The van der Waals surface area contributed by atoms with Gasteiger partial charge in [-0.25, -0.2) is 4.79 Å². The minimum Gasteiger partial charge on any atom is -0.497 e. The van der Waals surface area contributed by atoms with E-state index < -0.39 is 29.4 Å². The summed E-state index contributed by atoms with van der Waals surface area (Å²) in [5, 5.41) is 10.7. The summed E-state index contributed by atoms with van der Waals surface area (Å²) in [6, 6.07) is 7.00. The van der Waals surface area contributed by atoms with E-state index in [0.717, 1.165) is 0 Å². The largest absolute Gasteiger partial charge is 0.497 e. The fourth-order valence-electron chi connectivity index (χ4n) is 3.14. The molecule has 6 heteroatoms. The van der Waals surface area contributed by atoms with Crippen molar-refractivity contribution in [3.05, 3.63) is 41.5 Å². The summed E-state index contributed by atoms with van der Waals surface area (Å²) in [7, 11) is 4.10. The van der Waals surface area contributed by atoms with Crippen LogP contribution in [0, 0.1) is 5.92 Å². The van der Waals surface area contributed by atoms with Crippen LogP contribution in [0.1, 0.15) is 24.8 Å². The van der Waals surface area contributed by atoms with E-state index in [9.17, 15) is 14.7 Å². The second-order valence-corrected chi connectivity index (χ2v) is 5.96. The van der Waals surface area contributed by atoms with E-state index in [1.54, 1.807) is 44.4 Å². The lowest BCUT2D eigenvalue weighted by molar-refractivity contribution is -0.157. The Morgan fingerprint density at radius 2 is 1.75 bits per heavy atom. The molecule has 1 aromatic carbocycles. The summed E-state index contributed by atoms with van der Waals surface area (Å²) in [6.07, 6.45) is 1.78. The predicted molar refractivity (Wildman–Crippen MR) is 86.6 cm³/mol. The molecule has 0 fully saturated rings. The van der Waals surface area contributed by atoms with Gasteiger partial charge in [-0.2, -0.15) is 0 Å². The molecule has 0 amide bonds. The zero-order chi connectivity index (χ0) is 17.9. The Hall–Kier alpha value is -2.34. The first-order chi connectivity index (χ1) is 11.4. The van der Waals surface area contributed by atoms with Gasteiger partial charge in [0, 0.05) is 11.5 Å². The summed E-state index contributed by atoms with van der Waals surface area (Å²) in [6.45, 7) is 1.57. The van der Waals surface area contributed by atoms with Crippen molar-refractivity contribution in [1.82, 2.24) is 0 Å². The van der Waals surface area contributed by atoms with Crippen molar-refractivity contribution in [1.29, 1.82) is 0 Å². The van der Waals surface area contributed by atoms with Gasteiger partial charge in [-0.3, -0.25) is 4.79 Å². The highest BCUT2D eigenvalue weighted by molar-refractivity contribution is 5.92. The minimum atomic E-state index is -1.34. The zero-order valence-corrected chi connectivity index (χ0v) is 14.2. The topological polar surface area (TPSA) is 82.1 Å². The van der Waals surface area contributed by atoms with E-state index in [-0.39, 0.29) is 6.42 Å². The van der Waals surface area contributed by atoms with Gasteiger partial charge in [0.15, 0.2) is 0 Å². The van der Waals surface area contributed by atoms with Crippen LogP contribution in [0.2, 0.25) is 0 Å². The van der Waals surface area contributed by atoms with Crippen molar-refractivity contribution in [2.24, 2.45) is 5.92 Å². The number of methoxy groups -OCH3 is 3. The molecule has 3 atom stereocenters. The van der Waals surface area contributed by atoms with Gasteiger partial charge in [0.1, 0.15) is 5.75 Å². The Bertz CT molecular complexity index is 644. The fourth-order valence-corrected chi connectivity index (χ4v) is 3.14. The van der Waals surface area contributed by atoms with E-state index in [4.69, 9.17) is 14.2 Å². The van der Waals surface area contributed by atoms with Crippen LogP contribution < -0.4 is 4.74 Å². The maximum absolute atomic E-state index is 12.4. The number of aliphatic hydroxyl groups is 1. The van der Waals surface area contributed by atoms with Gasteiger partial charge in [0.25, 0.3) is 0 Å². The average Bonchev–Trinajstić information content (AvgIpc) is 2.59. The Kier molecular flexibility index (Phi) is 5.29. The summed E-state index contributed by atoms with van der Waals surface area (Å²) >= 11 is 0. The SMILES string of the molecule is COC(=O)C1=CCC(C)(O)C(C(=O)OC)C1c1ccc(OC)cc1. The molecule has 0 spiro atoms. The molecule has 0 aromatic heterocycles. The van der Waals surface area contributed by atoms with Crippen molar-refractivity contribution >= 4 is 11.9 Å². The lowest BCUT2D eigenvalue weighted by atomic mass is 9.67. The van der Waals surface area contributed by atoms with Crippen LogP contribution in [0.4, 0.5) is 0 Å². The van der Waals surface area contributed by atoms with Crippen molar-refractivity contribution in [3.8, 4) is 5.75 Å². The van der Waals surface area contributed by atoms with Crippen LogP contribution in [0.25, 0.3) is 0 Å². The third-order valence-corrected chi connectivity index (χ3v) is 4.42. The lowest BCUT2D eigenvalue weighted by Crippen LogP contribution is -2.47. The van der Waals surface area contributed by atoms with Gasteiger partial charge >= 0.3 is 11.9 Å². The van der Waals surface area contributed by atoms with Crippen LogP contribution in [0.15, 0.2) is 35.9 Å². The van der Waals surface area contributed by atoms with Crippen molar-refractivity contribution in [3.63, 3.8) is 0 Å². The first-order valence-corrected chi connectivity index (χ1v) is 7.58. The molecule has 2 rings (SSSR count). The molecular formula is C18H22O6. The maximum Gasteiger partial charge on any atom is 0.334 e. The minimum absolute atomic E-state index is 0.157. The Labute approximate surface area is 141 Å². The van der Waals surface area contributed by atoms with Gasteiger partial charge in [-0.1, -0.05) is 18.2 Å². The second kappa shape index (κ2) is 7.05. The Morgan fingerprint density at radius 1 is 1.12 bits per heavy atom. The van der Waals surface area contributed by atoms with Gasteiger partial charge < -0.3 is 19.3 Å². The molecule has 3 unspecified atom stereocenters. The molecule has 24 heavy (non-hydrogen) atoms. The molecular weight excluding hydrogens is 312 g/mol. The number of ether oxygens (including phenoxy) is 3. The van der Waals surface area contributed by atoms with Gasteiger partial charge in [0.2, 0.25) is 0 Å². The average molecular weight is 334 g/mol. The number of hydrogen-bond donors (Lipinski definition) is 1. The number of hydrogen-bond acceptors (Lipinski definition) is 6. The van der Waals surface area contributed by atoms with Crippen LogP contribution in [-0.4, -0.2) is 44.0 Å². The lowest BCUT2D eigenvalue weighted by Gasteiger charge is -2.40. The number of rotatable bonds is 4. The van der Waals surface area contributed by atoms with Crippen molar-refractivity contribution < 1.29 is 28.9 Å². The third kappa shape index (κ3) is 3.28. The zero-order valence-electron chi connectivity index (χ0n) is 14.2. The molecule has 130 valence electrons. The molecule has 0 radical (unpaired) electrons. The number of carbonyl (C=O) groups excluding carboxylic acids is 2. The summed E-state index contributed by atoms with van der Waals surface area (Å²) in [5.41, 5.74) is -0.303. The molecule has 0 heterocycles. The molecule has 0 saturated heterocycles. The normalized spacial score (nSPS) is 26.3. The van der Waals surface area contributed by atoms with Crippen LogP contribution in [0.3, 0.4) is 0 Å². The number of benzene rings is 1. The number of esters is 2. The van der Waals surface area contributed by atoms with Gasteiger partial charge in [0.05, 0.1) is 32.8 Å². The van der Waals surface area contributed by atoms with Gasteiger partial charge in [-0.05, 0) is 31.0 Å². The van der Waals surface area contributed by atoms with Crippen molar-refractivity contribution in [2.45, 2.75) is 24.9 Å². The fraction of sp³-hybridized carbons (Fsp3) is 0.444. The Morgan fingerprint density at radius 3 is 2.25 bits per heavy atom. The van der Waals surface area contributed by atoms with Gasteiger partial charge in [-0.15, -0.1) is 0 Å². The van der Waals surface area contributed by atoms with Crippen LogP contribution in [-0.2, 0) is 19.1 Å². The highest BCUT2D eigenvalue weighted by atomic mass is 16.5. The second-order valence-electron chi connectivity index (χ2n) is 5.96. The highest BCUT2D eigenvalue weighted by Crippen LogP contribution is 2.45. The monoisotopic (exact) mass is 334 g/mol. The molecule has 1 aliphatic carbocycles. The smallest absolute Gasteiger partial charge is 0.334 e. The first kappa shape index (κ1) is 18.0. The molecule has 1 aliphatic rings. The van der Waals surface area contributed by atoms with E-state index in [1.807, 2.05) is 0 Å². The molecule has 0 aliphatic heterocycles. The first-order valence-electron chi connectivity index (χ1n) is 7.58. The van der Waals surface area contributed by atoms with E-state index in [2.05, 4.69) is 0 Å². The molecule has 6 nitrogen and oxygen atoms in total. The summed E-state index contributed by atoms with van der Waals surface area (Å²) in [4.78, 5) is 24.6. The molecule has 0 bridgehead atoms. The summed E-state index contributed by atoms with van der Waals surface area (Å²) in [5.74, 6) is -2.04. The molecule has 0 saturated carbocycles. The predicted octanol–water partition coefficient (Wildman–Crippen LogP) is 1.82. The Balaban J connectivity index is 2.58. The maximum atomic E-state index is 12.4. The quantitative estimate of drug-likeness (QED) is 0.846. The van der Waals surface area contributed by atoms with Crippen LogP contribution >= 0.6 is 0 Å². The highest BCUT2D eigenvalue weighted by Gasteiger charge is 2.49. The molecule has 1 aromatic rings.